The van der Waals surface area contributed by atoms with Gasteiger partial charge in [0.25, 0.3) is 0 Å². The van der Waals surface area contributed by atoms with Gasteiger partial charge in [0.2, 0.25) is 5.91 Å². The largest absolute Gasteiger partial charge is 0.493 e. The van der Waals surface area contributed by atoms with Crippen LogP contribution in [0.4, 0.5) is 0 Å². The molecule has 3 rings (SSSR count). The van der Waals surface area contributed by atoms with Gasteiger partial charge >= 0.3 is 0 Å². The molecule has 5 nitrogen and oxygen atoms in total. The summed E-state index contributed by atoms with van der Waals surface area (Å²) in [6.45, 7) is 0. The standard InChI is InChI=1S/C15H20N2O3/c1-19-13-7-6-10(12-9-15(18)17-16-12)8-14(13)20-11-4-2-3-5-11/h6-8,11-12,16H,2-5,9H2,1H3,(H,17,18). The summed E-state index contributed by atoms with van der Waals surface area (Å²) in [5.74, 6) is 1.54. The van der Waals surface area contributed by atoms with Crippen molar-refractivity contribution in [2.24, 2.45) is 0 Å². The van der Waals surface area contributed by atoms with Crippen molar-refractivity contribution in [2.45, 2.75) is 44.2 Å². The molecule has 1 amide bonds. The van der Waals surface area contributed by atoms with E-state index in [-0.39, 0.29) is 18.1 Å². The van der Waals surface area contributed by atoms with Gasteiger partial charge in [0.05, 0.1) is 19.3 Å². The zero-order chi connectivity index (χ0) is 13.9. The van der Waals surface area contributed by atoms with Crippen molar-refractivity contribution >= 4 is 5.91 Å². The highest BCUT2D eigenvalue weighted by Crippen LogP contribution is 2.34. The molecule has 1 aromatic carbocycles. The number of hydrogen-bond acceptors (Lipinski definition) is 4. The summed E-state index contributed by atoms with van der Waals surface area (Å²) in [6.07, 6.45) is 5.42. The quantitative estimate of drug-likeness (QED) is 0.884. The summed E-state index contributed by atoms with van der Waals surface area (Å²) in [7, 11) is 1.65. The number of carbonyl (C=O) groups is 1. The van der Waals surface area contributed by atoms with Crippen LogP contribution in [0.25, 0.3) is 0 Å². The SMILES string of the molecule is COc1ccc(C2CC(=O)NN2)cc1OC1CCCC1. The fraction of sp³-hybridized carbons (Fsp3) is 0.533. The van der Waals surface area contributed by atoms with Crippen LogP contribution >= 0.6 is 0 Å². The fourth-order valence-corrected chi connectivity index (χ4v) is 2.84. The zero-order valence-corrected chi connectivity index (χ0v) is 11.6. The van der Waals surface area contributed by atoms with E-state index in [1.165, 1.54) is 12.8 Å². The van der Waals surface area contributed by atoms with Crippen molar-refractivity contribution in [3.8, 4) is 11.5 Å². The molecule has 2 N–H and O–H groups in total. The first-order chi connectivity index (χ1) is 9.76. The highest BCUT2D eigenvalue weighted by Gasteiger charge is 2.24. The van der Waals surface area contributed by atoms with Gasteiger partial charge in [-0.1, -0.05) is 6.07 Å². The second-order valence-electron chi connectivity index (χ2n) is 5.38. The Morgan fingerprint density at radius 2 is 2.00 bits per heavy atom. The Labute approximate surface area is 118 Å². The molecule has 1 aromatic rings. The van der Waals surface area contributed by atoms with Gasteiger partial charge in [-0.25, -0.2) is 5.43 Å². The van der Waals surface area contributed by atoms with Gasteiger partial charge in [-0.05, 0) is 43.4 Å². The van der Waals surface area contributed by atoms with E-state index in [4.69, 9.17) is 9.47 Å². The van der Waals surface area contributed by atoms with E-state index < -0.39 is 0 Å². The van der Waals surface area contributed by atoms with Gasteiger partial charge in [0.15, 0.2) is 11.5 Å². The fourth-order valence-electron chi connectivity index (χ4n) is 2.84. The van der Waals surface area contributed by atoms with Crippen molar-refractivity contribution in [3.05, 3.63) is 23.8 Å². The third-order valence-electron chi connectivity index (χ3n) is 3.96. The second kappa shape index (κ2) is 5.71. The molecule has 1 saturated carbocycles. The predicted molar refractivity (Wildman–Crippen MR) is 74.5 cm³/mol. The van der Waals surface area contributed by atoms with Gasteiger partial charge in [-0.2, -0.15) is 0 Å². The molecular formula is C15H20N2O3. The molecule has 2 fully saturated rings. The number of amides is 1. The summed E-state index contributed by atoms with van der Waals surface area (Å²) in [6, 6.07) is 5.86. The van der Waals surface area contributed by atoms with Crippen LogP contribution in [-0.2, 0) is 4.79 Å². The van der Waals surface area contributed by atoms with E-state index in [2.05, 4.69) is 10.9 Å². The van der Waals surface area contributed by atoms with E-state index in [1.807, 2.05) is 18.2 Å². The first-order valence-electron chi connectivity index (χ1n) is 7.15. The van der Waals surface area contributed by atoms with Crippen molar-refractivity contribution < 1.29 is 14.3 Å². The summed E-state index contributed by atoms with van der Waals surface area (Å²) < 4.78 is 11.4. The molecule has 0 bridgehead atoms. The van der Waals surface area contributed by atoms with Crippen LogP contribution in [-0.4, -0.2) is 19.1 Å². The third kappa shape index (κ3) is 2.72. The average molecular weight is 276 g/mol. The predicted octanol–water partition coefficient (Wildman–Crippen LogP) is 2.08. The highest BCUT2D eigenvalue weighted by molar-refractivity contribution is 5.78. The first-order valence-corrected chi connectivity index (χ1v) is 7.15. The van der Waals surface area contributed by atoms with E-state index >= 15 is 0 Å². The number of ether oxygens (including phenoxy) is 2. The lowest BCUT2D eigenvalue weighted by Gasteiger charge is -2.18. The summed E-state index contributed by atoms with van der Waals surface area (Å²) in [5.41, 5.74) is 6.65. The monoisotopic (exact) mass is 276 g/mol. The number of rotatable bonds is 4. The Morgan fingerprint density at radius 1 is 1.20 bits per heavy atom. The smallest absolute Gasteiger partial charge is 0.236 e. The number of carbonyl (C=O) groups excluding carboxylic acids is 1. The Bertz CT molecular complexity index is 498. The Hall–Kier alpha value is -1.75. The maximum Gasteiger partial charge on any atom is 0.236 e. The average Bonchev–Trinajstić information content (AvgIpc) is 3.10. The molecule has 0 spiro atoms. The minimum atomic E-state index is -0.000616. The van der Waals surface area contributed by atoms with Crippen LogP contribution in [0.2, 0.25) is 0 Å². The number of hydrazine groups is 1. The van der Waals surface area contributed by atoms with Crippen LogP contribution in [0.3, 0.4) is 0 Å². The number of hydrogen-bond donors (Lipinski definition) is 2. The van der Waals surface area contributed by atoms with Crippen molar-refractivity contribution in [1.29, 1.82) is 0 Å². The number of nitrogens with one attached hydrogen (secondary N) is 2. The molecule has 1 aliphatic heterocycles. The van der Waals surface area contributed by atoms with Gasteiger partial charge in [-0.3, -0.25) is 10.2 Å². The van der Waals surface area contributed by atoms with Crippen LogP contribution in [0.15, 0.2) is 18.2 Å². The number of methoxy groups -OCH3 is 1. The Morgan fingerprint density at radius 3 is 2.65 bits per heavy atom. The van der Waals surface area contributed by atoms with Crippen LogP contribution in [0.5, 0.6) is 11.5 Å². The molecule has 1 unspecified atom stereocenters. The molecule has 2 aliphatic rings. The molecule has 1 heterocycles. The van der Waals surface area contributed by atoms with E-state index in [1.54, 1.807) is 7.11 Å². The lowest BCUT2D eigenvalue weighted by atomic mass is 10.0. The minimum absolute atomic E-state index is 0.000616. The van der Waals surface area contributed by atoms with Crippen LogP contribution < -0.4 is 20.3 Å². The molecule has 0 aromatic heterocycles. The molecule has 20 heavy (non-hydrogen) atoms. The lowest BCUT2D eigenvalue weighted by Crippen LogP contribution is -2.27. The van der Waals surface area contributed by atoms with Crippen LogP contribution in [0.1, 0.15) is 43.7 Å². The highest BCUT2D eigenvalue weighted by atomic mass is 16.5. The first kappa shape index (κ1) is 13.2. The summed E-state index contributed by atoms with van der Waals surface area (Å²) in [5, 5.41) is 0. The topological polar surface area (TPSA) is 59.6 Å². The number of benzene rings is 1. The van der Waals surface area contributed by atoms with Gasteiger partial charge in [0.1, 0.15) is 0 Å². The van der Waals surface area contributed by atoms with Gasteiger partial charge in [0, 0.05) is 6.42 Å². The van der Waals surface area contributed by atoms with Crippen molar-refractivity contribution in [3.63, 3.8) is 0 Å². The molecular weight excluding hydrogens is 256 g/mol. The molecule has 1 saturated heterocycles. The van der Waals surface area contributed by atoms with E-state index in [0.717, 1.165) is 29.9 Å². The Kier molecular flexibility index (Phi) is 3.78. The maximum absolute atomic E-state index is 11.3. The summed E-state index contributed by atoms with van der Waals surface area (Å²) in [4.78, 5) is 11.3. The Balaban J connectivity index is 1.80. The van der Waals surface area contributed by atoms with Gasteiger partial charge < -0.3 is 9.47 Å². The molecule has 1 atom stereocenters. The normalized spacial score (nSPS) is 22.9. The lowest BCUT2D eigenvalue weighted by molar-refractivity contribution is -0.119. The molecule has 108 valence electrons. The third-order valence-corrected chi connectivity index (χ3v) is 3.96. The summed E-state index contributed by atoms with van der Waals surface area (Å²) >= 11 is 0. The van der Waals surface area contributed by atoms with Crippen molar-refractivity contribution in [1.82, 2.24) is 10.9 Å². The molecule has 1 aliphatic carbocycles. The van der Waals surface area contributed by atoms with Crippen LogP contribution in [0, 0.1) is 0 Å². The van der Waals surface area contributed by atoms with E-state index in [9.17, 15) is 4.79 Å². The maximum atomic E-state index is 11.3. The zero-order valence-electron chi connectivity index (χ0n) is 11.6. The molecule has 5 heteroatoms. The second-order valence-corrected chi connectivity index (χ2v) is 5.38. The van der Waals surface area contributed by atoms with Crippen molar-refractivity contribution in [2.75, 3.05) is 7.11 Å². The molecule has 0 radical (unpaired) electrons. The van der Waals surface area contributed by atoms with E-state index in [0.29, 0.717) is 6.42 Å². The van der Waals surface area contributed by atoms with Gasteiger partial charge in [-0.15, -0.1) is 0 Å². The minimum Gasteiger partial charge on any atom is -0.493 e.